The molecular formula is C18H17BrF2N2O2. The molecule has 0 unspecified atom stereocenters. The van der Waals surface area contributed by atoms with E-state index in [0.29, 0.717) is 4.47 Å². The molecule has 0 aliphatic heterocycles. The summed E-state index contributed by atoms with van der Waals surface area (Å²) < 4.78 is 28.1. The van der Waals surface area contributed by atoms with Crippen LogP contribution in [-0.2, 0) is 4.79 Å². The van der Waals surface area contributed by atoms with Gasteiger partial charge in [-0.05, 0) is 36.2 Å². The predicted octanol–water partition coefficient (Wildman–Crippen LogP) is 4.12. The summed E-state index contributed by atoms with van der Waals surface area (Å²) in [5.41, 5.74) is -0.158. The van der Waals surface area contributed by atoms with E-state index < -0.39 is 29.5 Å². The third-order valence-corrected chi connectivity index (χ3v) is 4.04. The van der Waals surface area contributed by atoms with E-state index in [1.165, 1.54) is 30.3 Å². The molecule has 0 bridgehead atoms. The molecule has 0 fully saturated rings. The Morgan fingerprint density at radius 1 is 1.04 bits per heavy atom. The largest absolute Gasteiger partial charge is 0.340 e. The Labute approximate surface area is 152 Å². The standard InChI is InChI=1S/C18H17BrF2N2O2/c1-10(2)16(23-17(24)12-5-3-4-6-13(12)20)18(25)22-15-8-7-11(19)9-14(15)21/h3-10,16H,1-2H3,(H,22,25)(H,23,24)/t16-/m0/s1. The first-order valence-electron chi connectivity index (χ1n) is 7.61. The summed E-state index contributed by atoms with van der Waals surface area (Å²) in [4.78, 5) is 24.7. The Hall–Kier alpha value is -2.28. The monoisotopic (exact) mass is 410 g/mol. The first-order valence-corrected chi connectivity index (χ1v) is 8.40. The van der Waals surface area contributed by atoms with Crippen LogP contribution in [0.3, 0.4) is 0 Å². The van der Waals surface area contributed by atoms with Crippen LogP contribution in [0.5, 0.6) is 0 Å². The molecule has 0 spiro atoms. The second-order valence-electron chi connectivity index (χ2n) is 5.79. The zero-order chi connectivity index (χ0) is 18.6. The minimum atomic E-state index is -0.949. The fourth-order valence-electron chi connectivity index (χ4n) is 2.20. The summed E-state index contributed by atoms with van der Waals surface area (Å²) in [7, 11) is 0. The number of carbonyl (C=O) groups excluding carboxylic acids is 2. The van der Waals surface area contributed by atoms with Gasteiger partial charge in [0.05, 0.1) is 11.3 Å². The number of nitrogens with one attached hydrogen (secondary N) is 2. The molecule has 0 aliphatic rings. The van der Waals surface area contributed by atoms with Crippen molar-refractivity contribution in [3.05, 3.63) is 64.1 Å². The number of carbonyl (C=O) groups is 2. The number of rotatable bonds is 5. The van der Waals surface area contributed by atoms with Gasteiger partial charge in [-0.15, -0.1) is 0 Å². The van der Waals surface area contributed by atoms with Crippen molar-refractivity contribution in [1.82, 2.24) is 5.32 Å². The average Bonchev–Trinajstić information content (AvgIpc) is 2.55. The zero-order valence-electron chi connectivity index (χ0n) is 13.6. The molecule has 0 aliphatic carbocycles. The molecule has 2 aromatic rings. The van der Waals surface area contributed by atoms with Crippen LogP contribution in [0.2, 0.25) is 0 Å². The third-order valence-electron chi connectivity index (χ3n) is 3.54. The topological polar surface area (TPSA) is 58.2 Å². The Bertz CT molecular complexity index is 796. The number of hydrogen-bond acceptors (Lipinski definition) is 2. The van der Waals surface area contributed by atoms with E-state index in [0.717, 1.165) is 6.07 Å². The van der Waals surface area contributed by atoms with Gasteiger partial charge in [0.15, 0.2) is 0 Å². The molecule has 2 N–H and O–H groups in total. The lowest BCUT2D eigenvalue weighted by molar-refractivity contribution is -0.118. The quantitative estimate of drug-likeness (QED) is 0.778. The fourth-order valence-corrected chi connectivity index (χ4v) is 2.53. The highest BCUT2D eigenvalue weighted by atomic mass is 79.9. The minimum Gasteiger partial charge on any atom is -0.340 e. The highest BCUT2D eigenvalue weighted by Crippen LogP contribution is 2.20. The molecule has 25 heavy (non-hydrogen) atoms. The van der Waals surface area contributed by atoms with E-state index in [-0.39, 0.29) is 17.2 Å². The summed E-state index contributed by atoms with van der Waals surface area (Å²) in [6, 6.07) is 8.75. The number of amides is 2. The smallest absolute Gasteiger partial charge is 0.254 e. The van der Waals surface area contributed by atoms with Crippen molar-refractivity contribution >= 4 is 33.4 Å². The summed E-state index contributed by atoms with van der Waals surface area (Å²) in [6.45, 7) is 3.45. The van der Waals surface area contributed by atoms with Crippen molar-refractivity contribution in [2.75, 3.05) is 5.32 Å². The normalized spacial score (nSPS) is 11.9. The molecule has 1 atom stereocenters. The van der Waals surface area contributed by atoms with Gasteiger partial charge in [-0.2, -0.15) is 0 Å². The number of anilines is 1. The average molecular weight is 411 g/mol. The molecule has 7 heteroatoms. The van der Waals surface area contributed by atoms with Gasteiger partial charge < -0.3 is 10.6 Å². The van der Waals surface area contributed by atoms with E-state index >= 15 is 0 Å². The van der Waals surface area contributed by atoms with E-state index in [1.54, 1.807) is 19.9 Å². The van der Waals surface area contributed by atoms with E-state index in [4.69, 9.17) is 0 Å². The summed E-state index contributed by atoms with van der Waals surface area (Å²) >= 11 is 3.13. The summed E-state index contributed by atoms with van der Waals surface area (Å²) in [5.74, 6) is -2.86. The number of hydrogen-bond donors (Lipinski definition) is 2. The van der Waals surface area contributed by atoms with Gasteiger partial charge in [0.1, 0.15) is 17.7 Å². The molecule has 0 saturated heterocycles. The lowest BCUT2D eigenvalue weighted by Gasteiger charge is -2.22. The maximum absolute atomic E-state index is 13.9. The highest BCUT2D eigenvalue weighted by molar-refractivity contribution is 9.10. The van der Waals surface area contributed by atoms with E-state index in [9.17, 15) is 18.4 Å². The zero-order valence-corrected chi connectivity index (χ0v) is 15.2. The SMILES string of the molecule is CC(C)[C@H](NC(=O)c1ccccc1F)C(=O)Nc1ccc(Br)cc1F. The van der Waals surface area contributed by atoms with Gasteiger partial charge in [0, 0.05) is 4.47 Å². The van der Waals surface area contributed by atoms with Gasteiger partial charge in [-0.1, -0.05) is 41.9 Å². The first kappa shape index (κ1) is 19.1. The predicted molar refractivity (Wildman–Crippen MR) is 95.2 cm³/mol. The first-order chi connectivity index (χ1) is 11.8. The molecule has 2 amide bonds. The number of halogens is 3. The lowest BCUT2D eigenvalue weighted by atomic mass is 10.0. The molecule has 0 heterocycles. The van der Waals surface area contributed by atoms with Crippen LogP contribution in [0, 0.1) is 17.6 Å². The van der Waals surface area contributed by atoms with Crippen molar-refractivity contribution in [3.63, 3.8) is 0 Å². The summed E-state index contributed by atoms with van der Waals surface area (Å²) in [6.07, 6.45) is 0. The second kappa shape index (κ2) is 8.20. The molecule has 0 saturated carbocycles. The Balaban J connectivity index is 2.16. The van der Waals surface area contributed by atoms with Gasteiger partial charge in [0.25, 0.3) is 5.91 Å². The van der Waals surface area contributed by atoms with Crippen LogP contribution >= 0.6 is 15.9 Å². The van der Waals surface area contributed by atoms with Gasteiger partial charge in [0.2, 0.25) is 5.91 Å². The number of benzene rings is 2. The van der Waals surface area contributed by atoms with Crippen molar-refractivity contribution < 1.29 is 18.4 Å². The van der Waals surface area contributed by atoms with Gasteiger partial charge in [-0.3, -0.25) is 9.59 Å². The van der Waals surface area contributed by atoms with Gasteiger partial charge in [-0.25, -0.2) is 8.78 Å². The second-order valence-corrected chi connectivity index (χ2v) is 6.70. The Morgan fingerprint density at radius 3 is 2.32 bits per heavy atom. The van der Waals surface area contributed by atoms with Crippen LogP contribution in [0.25, 0.3) is 0 Å². The molecule has 4 nitrogen and oxygen atoms in total. The van der Waals surface area contributed by atoms with Crippen molar-refractivity contribution in [2.24, 2.45) is 5.92 Å². The fraction of sp³-hybridized carbons (Fsp3) is 0.222. The van der Waals surface area contributed by atoms with Crippen molar-refractivity contribution in [3.8, 4) is 0 Å². The molecule has 2 rings (SSSR count). The molecule has 0 radical (unpaired) electrons. The van der Waals surface area contributed by atoms with Crippen molar-refractivity contribution in [2.45, 2.75) is 19.9 Å². The van der Waals surface area contributed by atoms with Crippen LogP contribution in [0.4, 0.5) is 14.5 Å². The van der Waals surface area contributed by atoms with Crippen molar-refractivity contribution in [1.29, 1.82) is 0 Å². The maximum atomic E-state index is 13.9. The van der Waals surface area contributed by atoms with Crippen LogP contribution in [-0.4, -0.2) is 17.9 Å². The maximum Gasteiger partial charge on any atom is 0.254 e. The highest BCUT2D eigenvalue weighted by Gasteiger charge is 2.26. The van der Waals surface area contributed by atoms with E-state index in [2.05, 4.69) is 26.6 Å². The molecule has 0 aromatic heterocycles. The Kier molecular flexibility index (Phi) is 6.25. The summed E-state index contributed by atoms with van der Waals surface area (Å²) in [5, 5.41) is 4.95. The van der Waals surface area contributed by atoms with Gasteiger partial charge >= 0.3 is 0 Å². The van der Waals surface area contributed by atoms with Crippen LogP contribution in [0.15, 0.2) is 46.9 Å². The van der Waals surface area contributed by atoms with E-state index in [1.807, 2.05) is 0 Å². The van der Waals surface area contributed by atoms with Crippen LogP contribution < -0.4 is 10.6 Å². The third kappa shape index (κ3) is 4.85. The molecular weight excluding hydrogens is 394 g/mol. The van der Waals surface area contributed by atoms with Crippen LogP contribution in [0.1, 0.15) is 24.2 Å². The lowest BCUT2D eigenvalue weighted by Crippen LogP contribution is -2.47. The molecule has 132 valence electrons. The molecule has 2 aromatic carbocycles. The minimum absolute atomic E-state index is 0.000935. The Morgan fingerprint density at radius 2 is 1.72 bits per heavy atom.